The maximum atomic E-state index is 5.03. The zero-order valence-electron chi connectivity index (χ0n) is 17.9. The number of aromatic nitrogens is 4. The average Bonchev–Trinajstić information content (AvgIpc) is 3.21. The molecule has 4 heteroatoms. The Bertz CT molecular complexity index is 797. The van der Waals surface area contributed by atoms with Gasteiger partial charge in [0.05, 0.1) is 11.9 Å². The second-order valence-electron chi connectivity index (χ2n) is 9.79. The van der Waals surface area contributed by atoms with Gasteiger partial charge in [0.2, 0.25) is 0 Å². The van der Waals surface area contributed by atoms with Gasteiger partial charge in [-0.2, -0.15) is 10.2 Å². The Kier molecular flexibility index (Phi) is 4.94. The Labute approximate surface area is 164 Å². The van der Waals surface area contributed by atoms with Crippen molar-refractivity contribution in [1.82, 2.24) is 19.6 Å². The third-order valence-corrected chi connectivity index (χ3v) is 7.19. The molecule has 0 aromatic carbocycles. The molecule has 0 saturated carbocycles. The molecule has 2 aromatic heterocycles. The van der Waals surface area contributed by atoms with Crippen molar-refractivity contribution in [3.63, 3.8) is 0 Å². The van der Waals surface area contributed by atoms with Crippen LogP contribution in [0.5, 0.6) is 0 Å². The Balaban J connectivity index is 1.68. The fourth-order valence-electron chi connectivity index (χ4n) is 5.42. The lowest BCUT2D eigenvalue weighted by atomic mass is 9.76. The standard InChI is InChI=1S/C23H36N4/c1-14(2)18-9-8-17(6)22-21(18)12-26(25-22)13-27-23-19(15(3)4)10-7-16(5)20(23)11-24-27/h11-12,14-19H,7-10,13H2,1-6H3. The molecule has 0 fully saturated rings. The fraction of sp³-hybridized carbons (Fsp3) is 0.739. The number of fused-ring (bicyclic) bond motifs is 2. The molecule has 4 nitrogen and oxygen atoms in total. The van der Waals surface area contributed by atoms with Gasteiger partial charge in [0.1, 0.15) is 6.67 Å². The Morgan fingerprint density at radius 3 is 2.30 bits per heavy atom. The van der Waals surface area contributed by atoms with Crippen LogP contribution in [0.3, 0.4) is 0 Å². The van der Waals surface area contributed by atoms with Crippen molar-refractivity contribution >= 4 is 0 Å². The minimum absolute atomic E-state index is 0.575. The molecule has 0 amide bonds. The summed E-state index contributed by atoms with van der Waals surface area (Å²) in [5.74, 6) is 3.80. The quantitative estimate of drug-likeness (QED) is 0.677. The van der Waals surface area contributed by atoms with Crippen LogP contribution in [0.2, 0.25) is 0 Å². The number of hydrogen-bond donors (Lipinski definition) is 0. The lowest BCUT2D eigenvalue weighted by Gasteiger charge is -2.30. The van der Waals surface area contributed by atoms with Crippen molar-refractivity contribution in [2.75, 3.05) is 0 Å². The molecule has 0 saturated heterocycles. The van der Waals surface area contributed by atoms with Crippen molar-refractivity contribution in [2.45, 2.75) is 97.6 Å². The zero-order chi connectivity index (χ0) is 19.3. The molecule has 2 heterocycles. The minimum Gasteiger partial charge on any atom is -0.251 e. The lowest BCUT2D eigenvalue weighted by Crippen LogP contribution is -2.22. The summed E-state index contributed by atoms with van der Waals surface area (Å²) in [4.78, 5) is 0. The second kappa shape index (κ2) is 7.10. The van der Waals surface area contributed by atoms with Crippen molar-refractivity contribution in [2.24, 2.45) is 11.8 Å². The summed E-state index contributed by atoms with van der Waals surface area (Å²) in [6.07, 6.45) is 9.56. The zero-order valence-corrected chi connectivity index (χ0v) is 17.9. The van der Waals surface area contributed by atoms with Crippen LogP contribution >= 0.6 is 0 Å². The fourth-order valence-corrected chi connectivity index (χ4v) is 5.42. The van der Waals surface area contributed by atoms with Gasteiger partial charge < -0.3 is 0 Å². The topological polar surface area (TPSA) is 35.6 Å². The Morgan fingerprint density at radius 1 is 0.926 bits per heavy atom. The van der Waals surface area contributed by atoms with Gasteiger partial charge in [-0.25, -0.2) is 4.68 Å². The van der Waals surface area contributed by atoms with Crippen LogP contribution in [0.1, 0.15) is 113 Å². The van der Waals surface area contributed by atoms with E-state index in [9.17, 15) is 0 Å². The molecule has 2 aromatic rings. The van der Waals surface area contributed by atoms with E-state index < -0.39 is 0 Å². The van der Waals surface area contributed by atoms with E-state index in [1.165, 1.54) is 48.2 Å². The number of hydrogen-bond acceptors (Lipinski definition) is 2. The van der Waals surface area contributed by atoms with E-state index in [1.807, 2.05) is 0 Å². The predicted molar refractivity (Wildman–Crippen MR) is 110 cm³/mol. The van der Waals surface area contributed by atoms with Gasteiger partial charge in [-0.05, 0) is 60.5 Å². The molecule has 148 valence electrons. The van der Waals surface area contributed by atoms with Gasteiger partial charge in [0.25, 0.3) is 0 Å². The largest absolute Gasteiger partial charge is 0.251 e. The normalized spacial score (nSPS) is 27.9. The smallest absolute Gasteiger partial charge is 0.133 e. The first-order valence-corrected chi connectivity index (χ1v) is 11.0. The van der Waals surface area contributed by atoms with Gasteiger partial charge in [-0.15, -0.1) is 0 Å². The van der Waals surface area contributed by atoms with Crippen LogP contribution in [-0.2, 0) is 6.67 Å². The summed E-state index contributed by atoms with van der Waals surface area (Å²) in [7, 11) is 0. The maximum Gasteiger partial charge on any atom is 0.133 e. The SMILES string of the molecule is CC1CCC(C(C)C)c2c1cnn2Cn1cc2c(n1)C(C)CCC2C(C)C. The molecule has 0 N–H and O–H groups in total. The average molecular weight is 369 g/mol. The van der Waals surface area contributed by atoms with E-state index in [2.05, 4.69) is 63.3 Å². The van der Waals surface area contributed by atoms with E-state index in [-0.39, 0.29) is 0 Å². The lowest BCUT2D eigenvalue weighted by molar-refractivity contribution is 0.369. The Hall–Kier alpha value is -1.58. The third kappa shape index (κ3) is 3.25. The molecule has 4 atom stereocenters. The van der Waals surface area contributed by atoms with Gasteiger partial charge in [-0.1, -0.05) is 41.5 Å². The molecule has 0 bridgehead atoms. The second-order valence-corrected chi connectivity index (χ2v) is 9.79. The van der Waals surface area contributed by atoms with Crippen LogP contribution in [0.4, 0.5) is 0 Å². The van der Waals surface area contributed by atoms with Gasteiger partial charge in [0.15, 0.2) is 0 Å². The van der Waals surface area contributed by atoms with E-state index in [4.69, 9.17) is 10.2 Å². The van der Waals surface area contributed by atoms with Crippen LogP contribution < -0.4 is 0 Å². The summed E-state index contributed by atoms with van der Waals surface area (Å²) in [5, 5.41) is 9.84. The highest BCUT2D eigenvalue weighted by atomic mass is 15.4. The van der Waals surface area contributed by atoms with Gasteiger partial charge in [-0.3, -0.25) is 4.68 Å². The first-order chi connectivity index (χ1) is 12.9. The van der Waals surface area contributed by atoms with Crippen molar-refractivity contribution in [1.29, 1.82) is 0 Å². The van der Waals surface area contributed by atoms with Crippen molar-refractivity contribution in [3.8, 4) is 0 Å². The molecule has 2 aliphatic rings. The molecule has 4 unspecified atom stereocenters. The van der Waals surface area contributed by atoms with Gasteiger partial charge in [0, 0.05) is 23.7 Å². The van der Waals surface area contributed by atoms with Crippen LogP contribution in [0, 0.1) is 11.8 Å². The number of nitrogens with zero attached hydrogens (tertiary/aromatic N) is 4. The third-order valence-electron chi connectivity index (χ3n) is 7.19. The molecule has 27 heavy (non-hydrogen) atoms. The highest BCUT2D eigenvalue weighted by Crippen LogP contribution is 2.43. The molecule has 0 aliphatic heterocycles. The molecule has 0 radical (unpaired) electrons. The first-order valence-electron chi connectivity index (χ1n) is 11.0. The summed E-state index contributed by atoms with van der Waals surface area (Å²) >= 11 is 0. The van der Waals surface area contributed by atoms with Crippen LogP contribution in [0.25, 0.3) is 0 Å². The van der Waals surface area contributed by atoms with Crippen LogP contribution in [-0.4, -0.2) is 19.6 Å². The molecule has 4 rings (SSSR count). The Morgan fingerprint density at radius 2 is 1.59 bits per heavy atom. The van der Waals surface area contributed by atoms with E-state index in [1.54, 1.807) is 0 Å². The summed E-state index contributed by atoms with van der Waals surface area (Å²) < 4.78 is 4.40. The molecule has 2 aliphatic carbocycles. The van der Waals surface area contributed by atoms with Crippen molar-refractivity contribution < 1.29 is 0 Å². The van der Waals surface area contributed by atoms with E-state index in [0.29, 0.717) is 35.5 Å². The van der Waals surface area contributed by atoms with E-state index >= 15 is 0 Å². The summed E-state index contributed by atoms with van der Waals surface area (Å²) in [6.45, 7) is 14.8. The highest BCUT2D eigenvalue weighted by molar-refractivity contribution is 5.30. The monoisotopic (exact) mass is 368 g/mol. The number of rotatable bonds is 4. The molecular weight excluding hydrogens is 332 g/mol. The molecule has 0 spiro atoms. The highest BCUT2D eigenvalue weighted by Gasteiger charge is 2.32. The molecular formula is C23H36N4. The van der Waals surface area contributed by atoms with E-state index in [0.717, 1.165) is 6.67 Å². The maximum absolute atomic E-state index is 5.03. The minimum atomic E-state index is 0.575. The summed E-state index contributed by atoms with van der Waals surface area (Å²) in [6, 6.07) is 0. The summed E-state index contributed by atoms with van der Waals surface area (Å²) in [5.41, 5.74) is 5.74. The van der Waals surface area contributed by atoms with Gasteiger partial charge >= 0.3 is 0 Å². The predicted octanol–water partition coefficient (Wildman–Crippen LogP) is 5.86. The van der Waals surface area contributed by atoms with Crippen LogP contribution in [0.15, 0.2) is 12.4 Å². The first kappa shape index (κ1) is 18.8. The van der Waals surface area contributed by atoms with Crippen molar-refractivity contribution in [3.05, 3.63) is 34.9 Å².